The fourth-order valence-electron chi connectivity index (χ4n) is 3.26. The summed E-state index contributed by atoms with van der Waals surface area (Å²) in [5, 5.41) is 2.80. The van der Waals surface area contributed by atoms with Crippen LogP contribution < -0.4 is 10.1 Å². The van der Waals surface area contributed by atoms with Gasteiger partial charge in [0.1, 0.15) is 17.5 Å². The molecule has 2 amide bonds. The molecule has 1 saturated heterocycles. The minimum atomic E-state index is -0.605. The maximum absolute atomic E-state index is 12.6. The predicted octanol–water partition coefficient (Wildman–Crippen LogP) is 2.71. The third-order valence-electron chi connectivity index (χ3n) is 4.89. The van der Waals surface area contributed by atoms with Gasteiger partial charge in [0.05, 0.1) is 13.7 Å². The first-order chi connectivity index (χ1) is 14.5. The van der Waals surface area contributed by atoms with E-state index >= 15 is 0 Å². The molecule has 1 heterocycles. The van der Waals surface area contributed by atoms with Crippen molar-refractivity contribution in [3.63, 3.8) is 0 Å². The second-order valence-corrected chi connectivity index (χ2v) is 7.94. The van der Waals surface area contributed by atoms with Crippen molar-refractivity contribution in [3.05, 3.63) is 60.2 Å². The molecule has 0 radical (unpaired) electrons. The van der Waals surface area contributed by atoms with Crippen molar-refractivity contribution < 1.29 is 23.9 Å². The standard InChI is InChI=1S/C22H24N2O5S/c1-28-22(27)19-12-18(30-2)14-24(19)20(25)13-23-21(26)15-8-10-17(11-9-15)29-16-6-4-3-5-7-16/h3-11,18-19H,12-14H2,1-2H3,(H,23,26)/t18-,19+/m0/s1. The first kappa shape index (κ1) is 21.7. The summed E-state index contributed by atoms with van der Waals surface area (Å²) in [7, 11) is 1.31. The number of nitrogens with one attached hydrogen (secondary N) is 1. The first-order valence-electron chi connectivity index (χ1n) is 9.53. The lowest BCUT2D eigenvalue weighted by Crippen LogP contribution is -2.46. The van der Waals surface area contributed by atoms with Crippen LogP contribution in [0.15, 0.2) is 54.6 Å². The van der Waals surface area contributed by atoms with E-state index in [1.165, 1.54) is 12.0 Å². The van der Waals surface area contributed by atoms with E-state index in [0.29, 0.717) is 30.0 Å². The summed E-state index contributed by atoms with van der Waals surface area (Å²) in [6.07, 6.45) is 2.50. The van der Waals surface area contributed by atoms with Crippen LogP contribution in [0.3, 0.4) is 0 Å². The van der Waals surface area contributed by atoms with Crippen molar-refractivity contribution >= 4 is 29.5 Å². The molecule has 0 unspecified atom stereocenters. The molecule has 1 N–H and O–H groups in total. The summed E-state index contributed by atoms with van der Waals surface area (Å²) in [6, 6.07) is 15.4. The van der Waals surface area contributed by atoms with Crippen LogP contribution in [-0.4, -0.2) is 60.4 Å². The van der Waals surface area contributed by atoms with Gasteiger partial charge in [-0.1, -0.05) is 18.2 Å². The highest BCUT2D eigenvalue weighted by molar-refractivity contribution is 7.99. The van der Waals surface area contributed by atoms with Crippen molar-refractivity contribution in [3.8, 4) is 11.5 Å². The highest BCUT2D eigenvalue weighted by Gasteiger charge is 2.39. The molecule has 0 bridgehead atoms. The number of amides is 2. The number of esters is 1. The van der Waals surface area contributed by atoms with Gasteiger partial charge in [-0.3, -0.25) is 9.59 Å². The Morgan fingerprint density at radius 1 is 1.07 bits per heavy atom. The largest absolute Gasteiger partial charge is 0.467 e. The number of benzene rings is 2. The number of likely N-dealkylation sites (tertiary alicyclic amines) is 1. The van der Waals surface area contributed by atoms with Crippen LogP contribution in [0.5, 0.6) is 11.5 Å². The molecule has 8 heteroatoms. The molecular formula is C22H24N2O5S. The molecule has 1 aliphatic rings. The lowest BCUT2D eigenvalue weighted by Gasteiger charge is -2.22. The van der Waals surface area contributed by atoms with Gasteiger partial charge in [-0.05, 0) is 49.1 Å². The predicted molar refractivity (Wildman–Crippen MR) is 115 cm³/mol. The van der Waals surface area contributed by atoms with Gasteiger partial charge in [-0.15, -0.1) is 0 Å². The fourth-order valence-corrected chi connectivity index (χ4v) is 3.95. The summed E-state index contributed by atoms with van der Waals surface area (Å²) in [5.41, 5.74) is 0.413. The first-order valence-corrected chi connectivity index (χ1v) is 10.8. The number of para-hydroxylation sites is 1. The van der Waals surface area contributed by atoms with Crippen LogP contribution in [-0.2, 0) is 14.3 Å². The van der Waals surface area contributed by atoms with Gasteiger partial charge in [-0.25, -0.2) is 4.79 Å². The van der Waals surface area contributed by atoms with Gasteiger partial charge in [0.15, 0.2) is 0 Å². The second kappa shape index (κ2) is 10.2. The summed E-state index contributed by atoms with van der Waals surface area (Å²) in [5.74, 6) is 0.203. The quantitative estimate of drug-likeness (QED) is 0.683. The minimum absolute atomic E-state index is 0.172. The van der Waals surface area contributed by atoms with Gasteiger partial charge in [0.25, 0.3) is 5.91 Å². The van der Waals surface area contributed by atoms with E-state index in [1.807, 2.05) is 36.6 Å². The molecule has 2 atom stereocenters. The molecule has 7 nitrogen and oxygen atoms in total. The van der Waals surface area contributed by atoms with E-state index in [2.05, 4.69) is 5.32 Å². The van der Waals surface area contributed by atoms with Crippen molar-refractivity contribution in [2.75, 3.05) is 26.5 Å². The smallest absolute Gasteiger partial charge is 0.328 e. The highest BCUT2D eigenvalue weighted by atomic mass is 32.2. The Morgan fingerprint density at radius 3 is 2.37 bits per heavy atom. The van der Waals surface area contributed by atoms with Gasteiger partial charge < -0.3 is 19.7 Å². The van der Waals surface area contributed by atoms with Gasteiger partial charge >= 0.3 is 5.97 Å². The summed E-state index contributed by atoms with van der Waals surface area (Å²) in [4.78, 5) is 38.5. The number of carbonyl (C=O) groups excluding carboxylic acids is 3. The van der Waals surface area contributed by atoms with Crippen LogP contribution in [0.25, 0.3) is 0 Å². The monoisotopic (exact) mass is 428 g/mol. The molecule has 158 valence electrons. The van der Waals surface area contributed by atoms with Gasteiger partial charge in [0, 0.05) is 17.4 Å². The molecule has 1 aliphatic heterocycles. The number of ether oxygens (including phenoxy) is 2. The molecule has 3 rings (SSSR count). The molecular weight excluding hydrogens is 404 g/mol. The van der Waals surface area contributed by atoms with Crippen LogP contribution in [0.2, 0.25) is 0 Å². The normalized spacial score (nSPS) is 18.0. The summed E-state index contributed by atoms with van der Waals surface area (Å²) in [6.45, 7) is 0.275. The van der Waals surface area contributed by atoms with Crippen LogP contribution in [0.4, 0.5) is 0 Å². The topological polar surface area (TPSA) is 84.9 Å². The maximum atomic E-state index is 12.6. The lowest BCUT2D eigenvalue weighted by molar-refractivity contribution is -0.150. The summed E-state index contributed by atoms with van der Waals surface area (Å²) < 4.78 is 10.5. The highest BCUT2D eigenvalue weighted by Crippen LogP contribution is 2.27. The zero-order chi connectivity index (χ0) is 21.5. The Bertz CT molecular complexity index is 888. The number of rotatable bonds is 7. The molecule has 2 aromatic rings. The number of nitrogens with zero attached hydrogens (tertiary/aromatic N) is 1. The number of carbonyl (C=O) groups is 3. The Morgan fingerprint density at radius 2 is 1.73 bits per heavy atom. The third kappa shape index (κ3) is 5.33. The van der Waals surface area contributed by atoms with Crippen LogP contribution in [0, 0.1) is 0 Å². The Kier molecular flexibility index (Phi) is 7.35. The van der Waals surface area contributed by atoms with Crippen LogP contribution in [0.1, 0.15) is 16.8 Å². The van der Waals surface area contributed by atoms with E-state index in [-0.39, 0.29) is 23.6 Å². The van der Waals surface area contributed by atoms with E-state index in [4.69, 9.17) is 9.47 Å². The fraction of sp³-hybridized carbons (Fsp3) is 0.318. The average molecular weight is 429 g/mol. The van der Waals surface area contributed by atoms with Crippen molar-refractivity contribution in [1.29, 1.82) is 0 Å². The molecule has 0 spiro atoms. The van der Waals surface area contributed by atoms with Crippen molar-refractivity contribution in [2.24, 2.45) is 0 Å². The Balaban J connectivity index is 1.55. The number of hydrogen-bond acceptors (Lipinski definition) is 6. The van der Waals surface area contributed by atoms with Crippen molar-refractivity contribution in [1.82, 2.24) is 10.2 Å². The van der Waals surface area contributed by atoms with E-state index in [9.17, 15) is 14.4 Å². The zero-order valence-electron chi connectivity index (χ0n) is 16.9. The number of hydrogen-bond donors (Lipinski definition) is 1. The molecule has 0 aliphatic carbocycles. The van der Waals surface area contributed by atoms with Gasteiger partial charge in [-0.2, -0.15) is 11.8 Å². The number of methoxy groups -OCH3 is 1. The van der Waals surface area contributed by atoms with Gasteiger partial charge in [0.2, 0.25) is 5.91 Å². The average Bonchev–Trinajstić information content (AvgIpc) is 3.22. The lowest BCUT2D eigenvalue weighted by atomic mass is 10.2. The third-order valence-corrected chi connectivity index (χ3v) is 5.89. The Labute approximate surface area is 179 Å². The van der Waals surface area contributed by atoms with E-state index < -0.39 is 12.0 Å². The number of thioether (sulfide) groups is 1. The molecule has 0 aromatic heterocycles. The SMILES string of the molecule is COC(=O)[C@H]1C[C@H](SC)CN1C(=O)CNC(=O)c1ccc(Oc2ccccc2)cc1. The van der Waals surface area contributed by atoms with E-state index in [0.717, 1.165) is 0 Å². The van der Waals surface area contributed by atoms with Crippen molar-refractivity contribution in [2.45, 2.75) is 17.7 Å². The van der Waals surface area contributed by atoms with E-state index in [1.54, 1.807) is 36.0 Å². The second-order valence-electron chi connectivity index (χ2n) is 6.80. The maximum Gasteiger partial charge on any atom is 0.328 e. The minimum Gasteiger partial charge on any atom is -0.467 e. The molecule has 2 aromatic carbocycles. The van der Waals surface area contributed by atoms with Crippen LogP contribution >= 0.6 is 11.8 Å². The zero-order valence-corrected chi connectivity index (χ0v) is 17.7. The molecule has 30 heavy (non-hydrogen) atoms. The summed E-state index contributed by atoms with van der Waals surface area (Å²) >= 11 is 1.61. The Hall–Kier alpha value is -3.00. The molecule has 1 fully saturated rings. The molecule has 0 saturated carbocycles.